The molecule has 10 aliphatic carbocycles. The number of hydrogen-bond donors (Lipinski definition) is 0. The Morgan fingerprint density at radius 3 is 1.82 bits per heavy atom. The molecule has 0 aromatic carbocycles. The molecule has 10 aliphatic rings. The fourth-order valence-electron chi connectivity index (χ4n) is 19.7. The second kappa shape index (κ2) is 18.1. The predicted octanol–water partition coefficient (Wildman–Crippen LogP) is 17.1. The van der Waals surface area contributed by atoms with Crippen LogP contribution in [0.25, 0.3) is 0 Å². The summed E-state index contributed by atoms with van der Waals surface area (Å²) < 4.78 is 0. The van der Waals surface area contributed by atoms with Gasteiger partial charge in [0.05, 0.1) is 0 Å². The maximum atomic E-state index is 2.77. The maximum absolute atomic E-state index is 2.77. The van der Waals surface area contributed by atoms with Gasteiger partial charge in [0, 0.05) is 0 Å². The summed E-state index contributed by atoms with van der Waals surface area (Å²) in [5, 5.41) is 0. The summed E-state index contributed by atoms with van der Waals surface area (Å²) in [6.45, 7) is 7.83. The molecule has 0 aliphatic heterocycles. The summed E-state index contributed by atoms with van der Waals surface area (Å²) in [6.07, 6.45) is 51.0. The van der Waals surface area contributed by atoms with Crippen molar-refractivity contribution in [2.24, 2.45) is 101 Å². The van der Waals surface area contributed by atoms with Gasteiger partial charge in [-0.1, -0.05) is 135 Å². The van der Waals surface area contributed by atoms with E-state index >= 15 is 0 Å². The molecule has 6 saturated carbocycles. The van der Waals surface area contributed by atoms with Gasteiger partial charge in [0.25, 0.3) is 0 Å². The van der Waals surface area contributed by atoms with Gasteiger partial charge in [-0.05, 0) is 221 Å². The van der Waals surface area contributed by atoms with Crippen LogP contribution in [0.4, 0.5) is 0 Å². The molecule has 320 valence electrons. The maximum Gasteiger partial charge on any atom is -0.0122 e. The fourth-order valence-corrected chi connectivity index (χ4v) is 19.7. The third kappa shape index (κ3) is 7.82. The molecule has 0 heteroatoms. The first-order valence-electron chi connectivity index (χ1n) is 27.5. The molecule has 0 N–H and O–H groups in total. The van der Waals surface area contributed by atoms with Crippen LogP contribution in [0.2, 0.25) is 0 Å². The molecule has 6 fully saturated rings. The van der Waals surface area contributed by atoms with Gasteiger partial charge < -0.3 is 0 Å². The SMILES string of the molecule is CCCC(CCCC1CCC2=C3C4=C(CCC31)CC(C1CCCCC1)C4CC2)C(C)CC(CCC)C1CCC2CCC3C(C4CCCCC4)CCC4CCC1C2C43. The minimum atomic E-state index is 0.928. The van der Waals surface area contributed by atoms with E-state index in [1.54, 1.807) is 103 Å². The second-order valence-electron chi connectivity index (χ2n) is 24.2. The first kappa shape index (κ1) is 40.5. The minimum absolute atomic E-state index is 0.928. The molecule has 0 amide bonds. The predicted molar refractivity (Wildman–Crippen MR) is 243 cm³/mol. The van der Waals surface area contributed by atoms with Gasteiger partial charge in [0.1, 0.15) is 0 Å². The van der Waals surface area contributed by atoms with E-state index in [9.17, 15) is 0 Å². The van der Waals surface area contributed by atoms with Gasteiger partial charge in [-0.2, -0.15) is 0 Å². The highest BCUT2D eigenvalue weighted by atomic mass is 14.6. The van der Waals surface area contributed by atoms with Crippen LogP contribution in [-0.4, -0.2) is 0 Å². The summed E-state index contributed by atoms with van der Waals surface area (Å²) in [6, 6.07) is 0. The van der Waals surface area contributed by atoms with Crippen LogP contribution >= 0.6 is 0 Å². The lowest BCUT2D eigenvalue weighted by molar-refractivity contribution is -0.133. The zero-order valence-corrected chi connectivity index (χ0v) is 38.1. The van der Waals surface area contributed by atoms with Crippen molar-refractivity contribution in [3.05, 3.63) is 22.3 Å². The van der Waals surface area contributed by atoms with Crippen molar-refractivity contribution in [1.82, 2.24) is 0 Å². The summed E-state index contributed by atoms with van der Waals surface area (Å²) in [7, 11) is 0. The Balaban J connectivity index is 0.778. The summed E-state index contributed by atoms with van der Waals surface area (Å²) >= 11 is 0. The molecule has 10 rings (SSSR count). The number of allylic oxidation sites excluding steroid dienone is 4. The van der Waals surface area contributed by atoms with E-state index in [0.29, 0.717) is 0 Å². The molecule has 0 aromatic heterocycles. The van der Waals surface area contributed by atoms with E-state index < -0.39 is 0 Å². The molecule has 0 aromatic rings. The van der Waals surface area contributed by atoms with E-state index in [2.05, 4.69) is 20.8 Å². The molecule has 0 saturated heterocycles. The zero-order valence-electron chi connectivity index (χ0n) is 38.1. The average molecular weight is 777 g/mol. The Morgan fingerprint density at radius 1 is 0.491 bits per heavy atom. The molecular weight excluding hydrogens is 685 g/mol. The molecule has 0 radical (unpaired) electrons. The third-order valence-electron chi connectivity index (χ3n) is 21.9. The van der Waals surface area contributed by atoms with E-state index in [0.717, 1.165) is 101 Å². The van der Waals surface area contributed by atoms with Gasteiger partial charge in [-0.3, -0.25) is 0 Å². The Bertz CT molecular complexity index is 1400. The van der Waals surface area contributed by atoms with Crippen LogP contribution < -0.4 is 0 Å². The Hall–Kier alpha value is -0.520. The normalized spacial score (nSPS) is 42.4. The molecule has 0 nitrogen and oxygen atoms in total. The van der Waals surface area contributed by atoms with Crippen molar-refractivity contribution in [3.63, 3.8) is 0 Å². The lowest BCUT2D eigenvalue weighted by Crippen LogP contribution is -2.55. The molecular formula is C57H92. The fraction of sp³-hybridized carbons (Fsp3) is 0.930. The number of hydrogen-bond acceptors (Lipinski definition) is 0. The zero-order chi connectivity index (χ0) is 38.5. The Kier molecular flexibility index (Phi) is 12.8. The van der Waals surface area contributed by atoms with E-state index in [-0.39, 0.29) is 0 Å². The summed E-state index contributed by atoms with van der Waals surface area (Å²) in [5.41, 5.74) is 8.03. The Morgan fingerprint density at radius 2 is 1.09 bits per heavy atom. The monoisotopic (exact) mass is 777 g/mol. The van der Waals surface area contributed by atoms with Crippen LogP contribution in [0.5, 0.6) is 0 Å². The smallest absolute Gasteiger partial charge is 0.0122 e. The highest BCUT2D eigenvalue weighted by Crippen LogP contribution is 2.65. The van der Waals surface area contributed by atoms with Crippen LogP contribution in [0.15, 0.2) is 22.3 Å². The van der Waals surface area contributed by atoms with Gasteiger partial charge in [0.15, 0.2) is 0 Å². The molecule has 15 unspecified atom stereocenters. The lowest BCUT2D eigenvalue weighted by atomic mass is 9.43. The standard InChI is InChI=1S/C57H92/c1-4-13-38(19-12-20-41-21-22-42-27-34-52-53(40-17-10-7-11-18-40)36-46-28-31-49(41)54(42)57(46)52)37(3)35-45(14-5-2)48-30-24-44-25-32-50-47(39-15-8-6-9-16-39)29-23-43-26-33-51(48)56(44)55(43)50/h37-41,43-45,47-53,55-56H,4-36H2,1-3H3. The minimum Gasteiger partial charge on any atom is -0.0664 e. The van der Waals surface area contributed by atoms with Gasteiger partial charge in [-0.15, -0.1) is 0 Å². The van der Waals surface area contributed by atoms with E-state index in [4.69, 9.17) is 0 Å². The largest absolute Gasteiger partial charge is 0.0664 e. The van der Waals surface area contributed by atoms with Crippen molar-refractivity contribution >= 4 is 0 Å². The van der Waals surface area contributed by atoms with Crippen molar-refractivity contribution in [3.8, 4) is 0 Å². The highest BCUT2D eigenvalue weighted by molar-refractivity contribution is 5.51. The van der Waals surface area contributed by atoms with Crippen LogP contribution in [0.1, 0.15) is 233 Å². The highest BCUT2D eigenvalue weighted by Gasteiger charge is 2.57. The van der Waals surface area contributed by atoms with Gasteiger partial charge >= 0.3 is 0 Å². The van der Waals surface area contributed by atoms with Gasteiger partial charge in [0.2, 0.25) is 0 Å². The van der Waals surface area contributed by atoms with Crippen molar-refractivity contribution < 1.29 is 0 Å². The van der Waals surface area contributed by atoms with E-state index in [1.807, 2.05) is 22.3 Å². The van der Waals surface area contributed by atoms with Crippen LogP contribution in [0, 0.1) is 101 Å². The number of rotatable bonds is 14. The molecule has 0 heterocycles. The average Bonchev–Trinajstić information content (AvgIpc) is 3.65. The summed E-state index contributed by atoms with van der Waals surface area (Å²) in [5.74, 6) is 17.9. The molecule has 57 heavy (non-hydrogen) atoms. The van der Waals surface area contributed by atoms with Crippen molar-refractivity contribution in [2.45, 2.75) is 233 Å². The first-order valence-corrected chi connectivity index (χ1v) is 27.5. The van der Waals surface area contributed by atoms with E-state index in [1.165, 1.54) is 109 Å². The van der Waals surface area contributed by atoms with Crippen molar-refractivity contribution in [2.75, 3.05) is 0 Å². The third-order valence-corrected chi connectivity index (χ3v) is 21.9. The van der Waals surface area contributed by atoms with Crippen LogP contribution in [-0.2, 0) is 0 Å². The quantitative estimate of drug-likeness (QED) is 0.165. The molecule has 15 atom stereocenters. The molecule has 0 bridgehead atoms. The van der Waals surface area contributed by atoms with Crippen LogP contribution in [0.3, 0.4) is 0 Å². The van der Waals surface area contributed by atoms with Gasteiger partial charge in [-0.25, -0.2) is 0 Å². The second-order valence-corrected chi connectivity index (χ2v) is 24.2. The first-order chi connectivity index (χ1) is 28.1. The molecule has 0 spiro atoms. The summed E-state index contributed by atoms with van der Waals surface area (Å²) in [4.78, 5) is 0. The lowest BCUT2D eigenvalue weighted by Gasteiger charge is -2.62. The topological polar surface area (TPSA) is 0 Å². The Labute approximate surface area is 354 Å². The van der Waals surface area contributed by atoms with Crippen molar-refractivity contribution in [1.29, 1.82) is 0 Å².